The van der Waals surface area contributed by atoms with Crippen molar-refractivity contribution < 1.29 is 22.7 Å². The normalized spacial score (nSPS) is 24.9. The predicted molar refractivity (Wildman–Crippen MR) is 57.3 cm³/mol. The predicted octanol–water partition coefficient (Wildman–Crippen LogP) is 1.05. The molecule has 0 saturated carbocycles. The average Bonchev–Trinajstić information content (AvgIpc) is 2.48. The number of rotatable bonds is 1. The SMILES string of the molecule is CC(C)(C)OC=O.NC1CNCC1C(F)(F)F. The van der Waals surface area contributed by atoms with Gasteiger partial charge in [0, 0.05) is 19.1 Å². The first-order valence-electron chi connectivity index (χ1n) is 5.22. The average molecular weight is 256 g/mol. The largest absolute Gasteiger partial charge is 0.462 e. The third kappa shape index (κ3) is 7.17. The molecule has 0 aromatic heterocycles. The zero-order valence-corrected chi connectivity index (χ0v) is 10.2. The van der Waals surface area contributed by atoms with Crippen LogP contribution in [-0.4, -0.2) is 37.4 Å². The Morgan fingerprint density at radius 2 is 1.82 bits per heavy atom. The summed E-state index contributed by atoms with van der Waals surface area (Å²) < 4.78 is 40.2. The van der Waals surface area contributed by atoms with Crippen molar-refractivity contribution in [1.29, 1.82) is 0 Å². The fraction of sp³-hybridized carbons (Fsp3) is 0.900. The van der Waals surface area contributed by atoms with Gasteiger partial charge in [-0.05, 0) is 20.8 Å². The Balaban J connectivity index is 0.000000325. The van der Waals surface area contributed by atoms with Crippen LogP contribution in [0.15, 0.2) is 0 Å². The molecule has 7 heteroatoms. The summed E-state index contributed by atoms with van der Waals surface area (Å²) >= 11 is 0. The van der Waals surface area contributed by atoms with Gasteiger partial charge in [-0.2, -0.15) is 13.2 Å². The highest BCUT2D eigenvalue weighted by Gasteiger charge is 2.45. The highest BCUT2D eigenvalue weighted by Crippen LogP contribution is 2.29. The van der Waals surface area contributed by atoms with Gasteiger partial charge in [-0.15, -0.1) is 0 Å². The first kappa shape index (κ1) is 16.2. The van der Waals surface area contributed by atoms with Crippen LogP contribution in [-0.2, 0) is 9.53 Å². The van der Waals surface area contributed by atoms with Crippen LogP contribution in [0.3, 0.4) is 0 Å². The van der Waals surface area contributed by atoms with Crippen LogP contribution in [0.5, 0.6) is 0 Å². The van der Waals surface area contributed by atoms with E-state index in [-0.39, 0.29) is 18.7 Å². The maximum absolute atomic E-state index is 11.9. The third-order valence-corrected chi connectivity index (χ3v) is 2.08. The molecule has 102 valence electrons. The summed E-state index contributed by atoms with van der Waals surface area (Å²) in [5, 5.41) is 2.58. The lowest BCUT2D eigenvalue weighted by molar-refractivity contribution is -0.171. The van der Waals surface area contributed by atoms with Crippen LogP contribution >= 0.6 is 0 Å². The van der Waals surface area contributed by atoms with Crippen LogP contribution in [0.4, 0.5) is 13.2 Å². The van der Waals surface area contributed by atoms with Crippen LogP contribution < -0.4 is 11.1 Å². The molecular weight excluding hydrogens is 237 g/mol. The van der Waals surface area contributed by atoms with E-state index in [0.717, 1.165) is 0 Å². The highest BCUT2D eigenvalue weighted by molar-refractivity contribution is 5.37. The zero-order chi connectivity index (χ0) is 13.7. The van der Waals surface area contributed by atoms with Gasteiger partial charge in [-0.25, -0.2) is 0 Å². The number of nitrogens with two attached hydrogens (primary N) is 1. The number of nitrogens with one attached hydrogen (secondary N) is 1. The van der Waals surface area contributed by atoms with E-state index < -0.39 is 18.1 Å². The molecule has 1 aliphatic rings. The van der Waals surface area contributed by atoms with Crippen molar-refractivity contribution in [3.63, 3.8) is 0 Å². The molecule has 3 N–H and O–H groups in total. The van der Waals surface area contributed by atoms with E-state index in [1.54, 1.807) is 0 Å². The summed E-state index contributed by atoms with van der Waals surface area (Å²) in [6, 6.07) is -0.764. The molecule has 0 radical (unpaired) electrons. The number of carbonyl (C=O) groups is 1. The maximum atomic E-state index is 11.9. The van der Waals surface area contributed by atoms with Crippen molar-refractivity contribution >= 4 is 6.47 Å². The number of hydrogen-bond acceptors (Lipinski definition) is 4. The monoisotopic (exact) mass is 256 g/mol. The van der Waals surface area contributed by atoms with Crippen LogP contribution in [0.1, 0.15) is 20.8 Å². The van der Waals surface area contributed by atoms with Gasteiger partial charge in [0.2, 0.25) is 0 Å². The van der Waals surface area contributed by atoms with E-state index >= 15 is 0 Å². The second-order valence-electron chi connectivity index (χ2n) is 4.80. The molecular formula is C10H19F3N2O2. The van der Waals surface area contributed by atoms with Gasteiger partial charge in [0.15, 0.2) is 0 Å². The smallest absolute Gasteiger partial charge is 0.394 e. The molecule has 0 aromatic carbocycles. The van der Waals surface area contributed by atoms with Crippen LogP contribution in [0, 0.1) is 5.92 Å². The number of halogens is 3. The Kier molecular flexibility index (Phi) is 5.91. The van der Waals surface area contributed by atoms with Gasteiger partial charge < -0.3 is 15.8 Å². The van der Waals surface area contributed by atoms with Crippen molar-refractivity contribution in [1.82, 2.24) is 5.32 Å². The maximum Gasteiger partial charge on any atom is 0.394 e. The highest BCUT2D eigenvalue weighted by atomic mass is 19.4. The Morgan fingerprint density at radius 1 is 1.29 bits per heavy atom. The van der Waals surface area contributed by atoms with E-state index in [2.05, 4.69) is 10.1 Å². The molecule has 1 fully saturated rings. The number of carbonyl (C=O) groups excluding carboxylic acids is 1. The summed E-state index contributed by atoms with van der Waals surface area (Å²) in [6.07, 6.45) is -4.14. The molecule has 4 nitrogen and oxygen atoms in total. The van der Waals surface area contributed by atoms with Crippen molar-refractivity contribution in [3.8, 4) is 0 Å². The minimum absolute atomic E-state index is 0.0370. The van der Waals surface area contributed by atoms with E-state index in [1.807, 2.05) is 20.8 Å². The molecule has 0 aromatic rings. The van der Waals surface area contributed by atoms with E-state index in [1.165, 1.54) is 0 Å². The zero-order valence-electron chi connectivity index (χ0n) is 10.2. The molecule has 17 heavy (non-hydrogen) atoms. The molecule has 2 atom stereocenters. The lowest BCUT2D eigenvalue weighted by Crippen LogP contribution is -2.38. The van der Waals surface area contributed by atoms with Crippen LogP contribution in [0.25, 0.3) is 0 Å². The summed E-state index contributed by atoms with van der Waals surface area (Å²) in [5.41, 5.74) is 4.86. The molecule has 0 amide bonds. The van der Waals surface area contributed by atoms with Crippen molar-refractivity contribution in [2.45, 2.75) is 38.6 Å². The summed E-state index contributed by atoms with van der Waals surface area (Å²) in [7, 11) is 0. The van der Waals surface area contributed by atoms with Gasteiger partial charge in [-0.1, -0.05) is 0 Å². The first-order chi connectivity index (χ1) is 7.58. The Hall–Kier alpha value is -0.820. The fourth-order valence-corrected chi connectivity index (χ4v) is 1.20. The Morgan fingerprint density at radius 3 is 1.94 bits per heavy atom. The number of hydrogen-bond donors (Lipinski definition) is 2. The van der Waals surface area contributed by atoms with Gasteiger partial charge >= 0.3 is 6.18 Å². The van der Waals surface area contributed by atoms with Crippen molar-refractivity contribution in [2.24, 2.45) is 11.7 Å². The van der Waals surface area contributed by atoms with E-state index in [0.29, 0.717) is 6.47 Å². The summed E-state index contributed by atoms with van der Waals surface area (Å²) in [6.45, 7) is 6.15. The van der Waals surface area contributed by atoms with Crippen molar-refractivity contribution in [3.05, 3.63) is 0 Å². The molecule has 2 unspecified atom stereocenters. The molecule has 1 saturated heterocycles. The molecule has 0 spiro atoms. The third-order valence-electron chi connectivity index (χ3n) is 2.08. The molecule has 1 aliphatic heterocycles. The standard InChI is InChI=1S/C5H9F3N2.C5H10O2/c6-5(7,8)3-1-10-2-4(3)9;1-5(2,3)7-4-6/h3-4,10H,1-2,9H2;4H,1-3H3. The Bertz CT molecular complexity index is 239. The summed E-state index contributed by atoms with van der Waals surface area (Å²) in [4.78, 5) is 9.60. The topological polar surface area (TPSA) is 64.3 Å². The second-order valence-corrected chi connectivity index (χ2v) is 4.80. The van der Waals surface area contributed by atoms with E-state index in [9.17, 15) is 18.0 Å². The Labute approximate surface area is 98.7 Å². The lowest BCUT2D eigenvalue weighted by atomic mass is 10.1. The first-order valence-corrected chi connectivity index (χ1v) is 5.22. The lowest BCUT2D eigenvalue weighted by Gasteiger charge is -2.17. The number of alkyl halides is 3. The molecule has 1 heterocycles. The second kappa shape index (κ2) is 6.20. The molecule has 1 rings (SSSR count). The van der Waals surface area contributed by atoms with Crippen molar-refractivity contribution in [2.75, 3.05) is 13.1 Å². The van der Waals surface area contributed by atoms with Crippen LogP contribution in [0.2, 0.25) is 0 Å². The van der Waals surface area contributed by atoms with E-state index in [4.69, 9.17) is 5.73 Å². The molecule has 0 bridgehead atoms. The van der Waals surface area contributed by atoms with Gasteiger partial charge in [-0.3, -0.25) is 4.79 Å². The quantitative estimate of drug-likeness (QED) is 0.688. The number of ether oxygens (including phenoxy) is 1. The molecule has 0 aliphatic carbocycles. The van der Waals surface area contributed by atoms with Gasteiger partial charge in [0.1, 0.15) is 5.60 Å². The van der Waals surface area contributed by atoms with Gasteiger partial charge in [0.05, 0.1) is 5.92 Å². The minimum atomic E-state index is -4.14. The minimum Gasteiger partial charge on any atom is -0.462 e. The summed E-state index contributed by atoms with van der Waals surface area (Å²) in [5.74, 6) is -1.35. The fourth-order valence-electron chi connectivity index (χ4n) is 1.20. The van der Waals surface area contributed by atoms with Gasteiger partial charge in [0.25, 0.3) is 6.47 Å².